The van der Waals surface area contributed by atoms with Crippen molar-refractivity contribution < 1.29 is 48.6 Å². The van der Waals surface area contributed by atoms with Crippen LogP contribution in [0.3, 0.4) is 0 Å². The minimum Gasteiger partial charge on any atom is -0.508 e. The molecule has 7 amide bonds. The minimum atomic E-state index is -1.72. The van der Waals surface area contributed by atoms with Gasteiger partial charge in [0.2, 0.25) is 41.4 Å². The van der Waals surface area contributed by atoms with Gasteiger partial charge in [-0.1, -0.05) is 46.2 Å². The molecular weight excluding hydrogens is 821 g/mol. The Kier molecular flexibility index (Phi) is 17.8. The molecule has 13 N–H and O–H groups in total. The van der Waals surface area contributed by atoms with Crippen LogP contribution >= 0.6 is 0 Å². The first-order chi connectivity index (χ1) is 29.9. The topological polar surface area (TPSA) is 343 Å². The summed E-state index contributed by atoms with van der Waals surface area (Å²) in [7, 11) is 0. The predicted octanol–water partition coefficient (Wildman–Crippen LogP) is -1.75. The van der Waals surface area contributed by atoms with Gasteiger partial charge >= 0.3 is 5.97 Å². The normalized spacial score (nSPS) is 25.0. The molecule has 63 heavy (non-hydrogen) atoms. The molecule has 0 bridgehead atoms. The fraction of sp³-hybridized carbons (Fsp3) is 0.561. The number of carbonyl (C=O) groups is 8. The molecule has 3 heterocycles. The minimum absolute atomic E-state index is 0.0390. The van der Waals surface area contributed by atoms with Crippen LogP contribution in [0.5, 0.6) is 5.75 Å². The third-order valence-corrected chi connectivity index (χ3v) is 11.1. The van der Waals surface area contributed by atoms with Crippen molar-refractivity contribution in [3.05, 3.63) is 48.0 Å². The van der Waals surface area contributed by atoms with E-state index in [2.05, 4.69) is 47.2 Å². The van der Waals surface area contributed by atoms with Gasteiger partial charge < -0.3 is 63.0 Å². The van der Waals surface area contributed by atoms with Crippen LogP contribution in [-0.4, -0.2) is 134 Å². The molecule has 0 saturated carbocycles. The molecule has 0 spiro atoms. The first kappa shape index (κ1) is 48.9. The molecule has 1 aromatic carbocycles. The first-order valence-corrected chi connectivity index (χ1v) is 21.1. The molecule has 2 fully saturated rings. The molecule has 0 aliphatic carbocycles. The smallest absolute Gasteiger partial charge is 0.305 e. The summed E-state index contributed by atoms with van der Waals surface area (Å²) in [6, 6.07) is -3.56. The van der Waals surface area contributed by atoms with Crippen LogP contribution in [0.15, 0.2) is 36.8 Å². The largest absolute Gasteiger partial charge is 0.508 e. The first-order valence-electron chi connectivity index (χ1n) is 21.1. The van der Waals surface area contributed by atoms with Gasteiger partial charge in [-0.05, 0) is 55.2 Å². The number of aromatic nitrogens is 2. The number of phenols is 1. The highest BCUT2D eigenvalue weighted by Crippen LogP contribution is 2.21. The third-order valence-electron chi connectivity index (χ3n) is 11.1. The third kappa shape index (κ3) is 14.1. The van der Waals surface area contributed by atoms with Crippen molar-refractivity contribution >= 4 is 53.3 Å². The van der Waals surface area contributed by atoms with Crippen molar-refractivity contribution in [1.29, 1.82) is 5.41 Å². The molecule has 2 aliphatic heterocycles. The highest BCUT2D eigenvalue weighted by molar-refractivity contribution is 5.99. The Morgan fingerprint density at radius 2 is 1.44 bits per heavy atom. The quantitative estimate of drug-likeness (QED) is 0.0605. The Hall–Kier alpha value is -6.74. The van der Waals surface area contributed by atoms with Crippen molar-refractivity contribution in [2.24, 2.45) is 17.6 Å². The zero-order valence-electron chi connectivity index (χ0n) is 35.9. The number of aromatic amines is 1. The van der Waals surface area contributed by atoms with E-state index < -0.39 is 108 Å². The van der Waals surface area contributed by atoms with Crippen molar-refractivity contribution in [2.45, 2.75) is 121 Å². The number of carboxylic acids is 1. The number of nitrogens with zero attached hydrogens (tertiary/aromatic N) is 2. The van der Waals surface area contributed by atoms with Crippen LogP contribution in [0.4, 0.5) is 0 Å². The van der Waals surface area contributed by atoms with Crippen LogP contribution in [0.1, 0.15) is 77.5 Å². The number of imidazole rings is 1. The summed E-state index contributed by atoms with van der Waals surface area (Å²) in [5.74, 6) is -8.62. The van der Waals surface area contributed by atoms with E-state index in [1.807, 2.05) is 0 Å². The number of phenolic OH excluding ortho intramolecular Hbond substituents is 1. The number of nitrogens with one attached hydrogen (secondary N) is 9. The summed E-state index contributed by atoms with van der Waals surface area (Å²) in [6.45, 7) is 7.00. The summed E-state index contributed by atoms with van der Waals surface area (Å²) in [4.78, 5) is 119. The van der Waals surface area contributed by atoms with Crippen LogP contribution in [0.2, 0.25) is 0 Å². The van der Waals surface area contributed by atoms with Gasteiger partial charge in [0.1, 0.15) is 48.0 Å². The van der Waals surface area contributed by atoms with E-state index in [0.717, 1.165) is 0 Å². The van der Waals surface area contributed by atoms with Crippen molar-refractivity contribution in [3.63, 3.8) is 0 Å². The Labute approximate surface area is 364 Å². The molecule has 8 atom stereocenters. The van der Waals surface area contributed by atoms with Crippen molar-refractivity contribution in [3.8, 4) is 5.75 Å². The lowest BCUT2D eigenvalue weighted by Gasteiger charge is -2.32. The van der Waals surface area contributed by atoms with Crippen molar-refractivity contribution in [1.82, 2.24) is 52.1 Å². The molecule has 344 valence electrons. The number of benzene rings is 1. The average molecular weight is 881 g/mol. The van der Waals surface area contributed by atoms with Gasteiger partial charge in [-0.3, -0.25) is 43.8 Å². The lowest BCUT2D eigenvalue weighted by molar-refractivity contribution is -0.144. The molecule has 2 aliphatic rings. The number of carbonyl (C=O) groups excluding carboxylic acids is 7. The molecule has 0 radical (unpaired) electrons. The highest BCUT2D eigenvalue weighted by atomic mass is 16.4. The number of H-pyrrole nitrogens is 1. The second-order valence-corrected chi connectivity index (χ2v) is 16.3. The second kappa shape index (κ2) is 22.9. The molecule has 1 aromatic heterocycles. The van der Waals surface area contributed by atoms with Gasteiger partial charge in [0.15, 0.2) is 5.96 Å². The monoisotopic (exact) mass is 880 g/mol. The summed E-state index contributed by atoms with van der Waals surface area (Å²) in [5.41, 5.74) is 6.40. The molecule has 22 heteroatoms. The molecule has 4 rings (SSSR count). The number of aromatic hydroxyl groups is 1. The summed E-state index contributed by atoms with van der Waals surface area (Å²) < 4.78 is 0. The van der Waals surface area contributed by atoms with Gasteiger partial charge in [0.25, 0.3) is 0 Å². The lowest BCUT2D eigenvalue weighted by atomic mass is 9.96. The van der Waals surface area contributed by atoms with E-state index in [-0.39, 0.29) is 56.9 Å². The summed E-state index contributed by atoms with van der Waals surface area (Å²) >= 11 is 0. The van der Waals surface area contributed by atoms with Crippen LogP contribution in [0, 0.1) is 17.2 Å². The fourth-order valence-electron chi connectivity index (χ4n) is 7.39. The van der Waals surface area contributed by atoms with Crippen LogP contribution in [-0.2, 0) is 51.2 Å². The maximum atomic E-state index is 14.4. The number of aliphatic carboxylic acids is 1. The predicted molar refractivity (Wildman–Crippen MR) is 226 cm³/mol. The molecule has 2 aromatic rings. The Morgan fingerprint density at radius 1 is 0.841 bits per heavy atom. The number of fused-ring (bicyclic) bond motifs is 1. The fourth-order valence-corrected chi connectivity index (χ4v) is 7.39. The van der Waals surface area contributed by atoms with Gasteiger partial charge in [-0.15, -0.1) is 0 Å². The van der Waals surface area contributed by atoms with Crippen molar-refractivity contribution in [2.75, 3.05) is 13.1 Å². The average Bonchev–Trinajstić information content (AvgIpc) is 3.94. The van der Waals surface area contributed by atoms with E-state index in [1.54, 1.807) is 39.8 Å². The van der Waals surface area contributed by atoms with E-state index in [9.17, 15) is 48.6 Å². The summed E-state index contributed by atoms with van der Waals surface area (Å²) in [6.07, 6.45) is 2.71. The maximum absolute atomic E-state index is 14.4. The number of hydrogen-bond donors (Lipinski definition) is 12. The summed E-state index contributed by atoms with van der Waals surface area (Å²) in [5, 5.41) is 45.7. The van der Waals surface area contributed by atoms with Gasteiger partial charge in [0, 0.05) is 37.8 Å². The zero-order chi connectivity index (χ0) is 46.4. The molecule has 22 nitrogen and oxygen atoms in total. The molecular formula is C41H60N12O10. The highest BCUT2D eigenvalue weighted by Gasteiger charge is 2.41. The number of nitrogens with two attached hydrogens (primary N) is 1. The van der Waals surface area contributed by atoms with Crippen LogP contribution in [0.25, 0.3) is 0 Å². The molecule has 2 saturated heterocycles. The number of hydrogen-bond acceptors (Lipinski definition) is 11. The van der Waals surface area contributed by atoms with E-state index in [1.165, 1.54) is 29.6 Å². The number of guanidine groups is 1. The van der Waals surface area contributed by atoms with Gasteiger partial charge in [-0.25, -0.2) is 4.98 Å². The standard InChI is InChI=1S/C41H60N12O10/c1-5-22(4)33-39(62)50-29(17-24-19-44-20-46-24)40(63)53-15-7-9-30(53)37(60)48-28(18-31(55)56)35(58)47-26(8-6-14-45-41(42)43)34(57)51-32(21(2)3)38(61)49-27(36(59)52-33)16-23-10-12-25(54)13-11-23/h10-13,19-22,26-30,32-33,54H,5-9,14-18H2,1-4H3,(H,44,46)(H,47,58)(H,48,60)(H,49,61)(H,50,62)(H,51,57)(H,52,59)(H,55,56)(H4,42,43,45)/t22-,26-,27-,28-,29-,30-,32-,33-/m0/s1. The Morgan fingerprint density at radius 3 is 2.06 bits per heavy atom. The second-order valence-electron chi connectivity index (χ2n) is 16.3. The zero-order valence-corrected chi connectivity index (χ0v) is 35.9. The van der Waals surface area contributed by atoms with E-state index >= 15 is 0 Å². The number of carboxylic acid groups (broad SMARTS) is 1. The number of rotatable bonds is 13. The Bertz CT molecular complexity index is 1960. The molecule has 0 unspecified atom stereocenters. The van der Waals surface area contributed by atoms with Gasteiger partial charge in [-0.2, -0.15) is 0 Å². The SMILES string of the molecule is CC[C@H](C)[C@@H]1NC(=O)[C@H](Cc2ccc(O)cc2)NC(=O)[C@H](C(C)C)NC(=O)[C@H](CCCNC(=N)N)NC(=O)[C@H](CC(=O)O)NC(=O)[C@@H]2CCCN2C(=O)[C@H](Cc2cnc[nH]2)NC1=O. The van der Waals surface area contributed by atoms with E-state index in [4.69, 9.17) is 11.1 Å². The van der Waals surface area contributed by atoms with Gasteiger partial charge in [0.05, 0.1) is 12.7 Å². The number of amides is 7. The maximum Gasteiger partial charge on any atom is 0.305 e. The lowest BCUT2D eigenvalue weighted by Crippen LogP contribution is -2.61. The van der Waals surface area contributed by atoms with Crippen LogP contribution < -0.4 is 43.0 Å². The Balaban J connectivity index is 1.82. The van der Waals surface area contributed by atoms with E-state index in [0.29, 0.717) is 24.1 Å².